The normalized spacial score (nSPS) is 11.4. The summed E-state index contributed by atoms with van der Waals surface area (Å²) in [6.45, 7) is 4.05. The van der Waals surface area contributed by atoms with Crippen molar-refractivity contribution in [3.63, 3.8) is 0 Å². The molecule has 0 radical (unpaired) electrons. The summed E-state index contributed by atoms with van der Waals surface area (Å²) in [6.07, 6.45) is 0. The van der Waals surface area contributed by atoms with Crippen LogP contribution < -0.4 is 5.63 Å². The molecule has 0 bridgehead atoms. The van der Waals surface area contributed by atoms with Crippen molar-refractivity contribution >= 4 is 21.9 Å². The van der Waals surface area contributed by atoms with E-state index in [9.17, 15) is 4.79 Å². The Balaban J connectivity index is 2.06. The Bertz CT molecular complexity index is 1070. The van der Waals surface area contributed by atoms with Gasteiger partial charge in [0.15, 0.2) is 0 Å². The first kappa shape index (κ1) is 12.9. The lowest BCUT2D eigenvalue weighted by molar-refractivity contribution is 0.559. The largest absolute Gasteiger partial charge is 0.456 e. The van der Waals surface area contributed by atoms with Gasteiger partial charge >= 0.3 is 5.63 Å². The molecular weight excluding hydrogens is 276 g/mol. The van der Waals surface area contributed by atoms with E-state index in [0.29, 0.717) is 11.3 Å². The van der Waals surface area contributed by atoms with Crippen LogP contribution in [0.2, 0.25) is 0 Å². The van der Waals surface area contributed by atoms with Gasteiger partial charge in [-0.25, -0.2) is 4.79 Å². The molecule has 0 aliphatic carbocycles. The number of rotatable bonds is 1. The van der Waals surface area contributed by atoms with Crippen molar-refractivity contribution in [3.8, 4) is 11.3 Å². The van der Waals surface area contributed by atoms with Crippen LogP contribution in [0.5, 0.6) is 0 Å². The molecule has 0 fully saturated rings. The van der Waals surface area contributed by atoms with Crippen LogP contribution in [0.3, 0.4) is 0 Å². The third kappa shape index (κ3) is 2.02. The van der Waals surface area contributed by atoms with Crippen LogP contribution in [0.1, 0.15) is 11.1 Å². The van der Waals surface area contributed by atoms with Crippen LogP contribution in [0.4, 0.5) is 0 Å². The molecule has 0 aliphatic heterocycles. The van der Waals surface area contributed by atoms with Gasteiger partial charge in [-0.15, -0.1) is 0 Å². The van der Waals surface area contributed by atoms with Crippen molar-refractivity contribution in [1.82, 2.24) is 0 Å². The lowest BCUT2D eigenvalue weighted by Crippen LogP contribution is -1.97. The molecule has 108 valence electrons. The second kappa shape index (κ2) is 4.60. The molecular formula is C19H14O3. The molecule has 4 rings (SSSR count). The second-order valence-electron chi connectivity index (χ2n) is 5.63. The van der Waals surface area contributed by atoms with Crippen LogP contribution in [0.15, 0.2) is 62.2 Å². The zero-order valence-corrected chi connectivity index (χ0v) is 12.3. The van der Waals surface area contributed by atoms with Crippen molar-refractivity contribution in [1.29, 1.82) is 0 Å². The zero-order chi connectivity index (χ0) is 15.3. The average molecular weight is 290 g/mol. The van der Waals surface area contributed by atoms with Crippen LogP contribution >= 0.6 is 0 Å². The Morgan fingerprint density at radius 3 is 2.32 bits per heavy atom. The summed E-state index contributed by atoms with van der Waals surface area (Å²) in [5.74, 6) is 0.684. The highest BCUT2D eigenvalue weighted by atomic mass is 16.4. The van der Waals surface area contributed by atoms with Crippen molar-refractivity contribution in [2.24, 2.45) is 0 Å². The van der Waals surface area contributed by atoms with E-state index in [-0.39, 0.29) is 5.63 Å². The second-order valence-corrected chi connectivity index (χ2v) is 5.63. The number of fused-ring (bicyclic) bond motifs is 2. The fourth-order valence-electron chi connectivity index (χ4n) is 2.78. The average Bonchev–Trinajstić information content (AvgIpc) is 2.89. The zero-order valence-electron chi connectivity index (χ0n) is 12.3. The molecule has 0 spiro atoms. The summed E-state index contributed by atoms with van der Waals surface area (Å²) in [6, 6.07) is 15.3. The first-order valence-electron chi connectivity index (χ1n) is 7.15. The van der Waals surface area contributed by atoms with E-state index in [4.69, 9.17) is 8.83 Å². The molecule has 3 nitrogen and oxygen atoms in total. The van der Waals surface area contributed by atoms with E-state index in [0.717, 1.165) is 27.5 Å². The third-order valence-electron chi connectivity index (χ3n) is 3.84. The van der Waals surface area contributed by atoms with Gasteiger partial charge < -0.3 is 8.83 Å². The summed E-state index contributed by atoms with van der Waals surface area (Å²) < 4.78 is 11.2. The summed E-state index contributed by atoms with van der Waals surface area (Å²) >= 11 is 0. The molecule has 0 N–H and O–H groups in total. The molecule has 3 heteroatoms. The molecule has 0 saturated carbocycles. The van der Waals surface area contributed by atoms with Crippen LogP contribution in [-0.2, 0) is 0 Å². The summed E-state index contributed by atoms with van der Waals surface area (Å²) in [5.41, 5.74) is 4.06. The van der Waals surface area contributed by atoms with Crippen molar-refractivity contribution in [3.05, 3.63) is 70.1 Å². The lowest BCUT2D eigenvalue weighted by atomic mass is 10.1. The number of hydrogen-bond acceptors (Lipinski definition) is 3. The van der Waals surface area contributed by atoms with Gasteiger partial charge in [-0.1, -0.05) is 23.3 Å². The minimum Gasteiger partial charge on any atom is -0.456 e. The Hall–Kier alpha value is -2.81. The lowest BCUT2D eigenvalue weighted by Gasteiger charge is -2.03. The maximum Gasteiger partial charge on any atom is 0.336 e. The first-order valence-corrected chi connectivity index (χ1v) is 7.15. The van der Waals surface area contributed by atoms with Gasteiger partial charge in [-0.2, -0.15) is 0 Å². The third-order valence-corrected chi connectivity index (χ3v) is 3.84. The van der Waals surface area contributed by atoms with E-state index in [1.165, 1.54) is 11.6 Å². The quantitative estimate of drug-likeness (QED) is 0.472. The Kier molecular flexibility index (Phi) is 2.70. The van der Waals surface area contributed by atoms with Gasteiger partial charge in [0.05, 0.1) is 0 Å². The monoisotopic (exact) mass is 290 g/mol. The first-order chi connectivity index (χ1) is 10.6. The predicted molar refractivity (Wildman–Crippen MR) is 87.2 cm³/mol. The minimum atomic E-state index is -0.372. The van der Waals surface area contributed by atoms with Gasteiger partial charge in [-0.05, 0) is 44.2 Å². The highest BCUT2D eigenvalue weighted by molar-refractivity contribution is 5.95. The maximum atomic E-state index is 11.8. The minimum absolute atomic E-state index is 0.372. The summed E-state index contributed by atoms with van der Waals surface area (Å²) in [5, 5.41) is 1.92. The molecule has 0 aliphatic rings. The van der Waals surface area contributed by atoms with Crippen molar-refractivity contribution in [2.45, 2.75) is 13.8 Å². The molecule has 2 aromatic carbocycles. The molecule has 0 unspecified atom stereocenters. The van der Waals surface area contributed by atoms with E-state index < -0.39 is 0 Å². The smallest absolute Gasteiger partial charge is 0.336 e. The maximum absolute atomic E-state index is 11.8. The number of hydrogen-bond donors (Lipinski definition) is 0. The summed E-state index contributed by atoms with van der Waals surface area (Å²) in [4.78, 5) is 11.8. The fraction of sp³-hybridized carbons (Fsp3) is 0.105. The van der Waals surface area contributed by atoms with E-state index in [1.54, 1.807) is 0 Å². The van der Waals surface area contributed by atoms with Gasteiger partial charge in [0, 0.05) is 22.4 Å². The fourth-order valence-corrected chi connectivity index (χ4v) is 2.78. The van der Waals surface area contributed by atoms with Gasteiger partial charge in [0.2, 0.25) is 0 Å². The van der Waals surface area contributed by atoms with E-state index in [2.05, 4.69) is 6.07 Å². The highest BCUT2D eigenvalue weighted by Crippen LogP contribution is 2.32. The molecule has 0 atom stereocenters. The Labute approximate surface area is 126 Å². The Morgan fingerprint density at radius 2 is 1.50 bits per heavy atom. The van der Waals surface area contributed by atoms with Gasteiger partial charge in [0.25, 0.3) is 0 Å². The van der Waals surface area contributed by atoms with Gasteiger partial charge in [-0.3, -0.25) is 0 Å². The number of benzene rings is 2. The SMILES string of the molecule is Cc1ccc2oc(-c3cc(=O)oc4ccc(C)cc34)cc2c1. The Morgan fingerprint density at radius 1 is 0.773 bits per heavy atom. The van der Waals surface area contributed by atoms with Crippen LogP contribution in [0.25, 0.3) is 33.3 Å². The van der Waals surface area contributed by atoms with Crippen molar-refractivity contribution in [2.75, 3.05) is 0 Å². The standard InChI is InChI=1S/C19H14O3/c1-11-3-5-16-13(7-11)9-18(21-16)15-10-19(20)22-17-6-4-12(2)8-14(15)17/h3-10H,1-2H3. The van der Waals surface area contributed by atoms with Crippen LogP contribution in [0, 0.1) is 13.8 Å². The molecule has 22 heavy (non-hydrogen) atoms. The molecule has 0 saturated heterocycles. The number of furan rings is 1. The molecule has 4 aromatic rings. The van der Waals surface area contributed by atoms with Crippen LogP contribution in [-0.4, -0.2) is 0 Å². The topological polar surface area (TPSA) is 43.4 Å². The van der Waals surface area contributed by atoms with E-state index >= 15 is 0 Å². The summed E-state index contributed by atoms with van der Waals surface area (Å²) in [7, 11) is 0. The highest BCUT2D eigenvalue weighted by Gasteiger charge is 2.12. The molecule has 0 amide bonds. The van der Waals surface area contributed by atoms with E-state index in [1.807, 2.05) is 50.2 Å². The van der Waals surface area contributed by atoms with Gasteiger partial charge in [0.1, 0.15) is 16.9 Å². The molecule has 2 heterocycles. The molecule has 2 aromatic heterocycles. The predicted octanol–water partition coefficient (Wildman–Crippen LogP) is 4.82. The van der Waals surface area contributed by atoms with Crippen molar-refractivity contribution < 1.29 is 8.83 Å². The number of aryl methyl sites for hydroxylation is 2.